The minimum atomic E-state index is -1.43. The predicted molar refractivity (Wildman–Crippen MR) is 69.9 cm³/mol. The van der Waals surface area contributed by atoms with Crippen LogP contribution in [0.5, 0.6) is 0 Å². The largest absolute Gasteiger partial charge is 0.271 e. The fraction of sp³-hybridized carbons (Fsp3) is 0.600. The summed E-state index contributed by atoms with van der Waals surface area (Å²) in [6.45, 7) is 0. The van der Waals surface area contributed by atoms with Gasteiger partial charge in [-0.1, -0.05) is 6.42 Å². The summed E-state index contributed by atoms with van der Waals surface area (Å²) in [6.07, 6.45) is 5.76. The Morgan fingerprint density at radius 1 is 1.15 bits per heavy atom. The molecule has 4 atom stereocenters. The summed E-state index contributed by atoms with van der Waals surface area (Å²) in [7, 11) is 0. The summed E-state index contributed by atoms with van der Waals surface area (Å²) in [6, 6.07) is 1.75. The van der Waals surface area contributed by atoms with Crippen LogP contribution in [-0.2, 0) is 0 Å². The van der Waals surface area contributed by atoms with Crippen LogP contribution in [0, 0.1) is 35.2 Å². The van der Waals surface area contributed by atoms with E-state index in [1.807, 2.05) is 0 Å². The SMILES string of the molecule is NNC(CC1CC2CCC1C2)c1cc(F)c(F)c(F)c1. The van der Waals surface area contributed by atoms with Crippen molar-refractivity contribution in [2.45, 2.75) is 38.1 Å². The molecule has 5 heteroatoms. The Morgan fingerprint density at radius 3 is 2.35 bits per heavy atom. The highest BCUT2D eigenvalue weighted by molar-refractivity contribution is 5.23. The van der Waals surface area contributed by atoms with Gasteiger partial charge in [-0.05, 0) is 61.1 Å². The maximum absolute atomic E-state index is 13.3. The molecular formula is C15H19F3N2. The molecule has 2 fully saturated rings. The van der Waals surface area contributed by atoms with Crippen LogP contribution >= 0.6 is 0 Å². The monoisotopic (exact) mass is 284 g/mol. The van der Waals surface area contributed by atoms with Gasteiger partial charge in [-0.3, -0.25) is 11.3 Å². The van der Waals surface area contributed by atoms with Gasteiger partial charge in [0.15, 0.2) is 17.5 Å². The van der Waals surface area contributed by atoms with Crippen molar-refractivity contribution in [2.24, 2.45) is 23.6 Å². The molecule has 1 aromatic carbocycles. The normalized spacial score (nSPS) is 29.9. The standard InChI is InChI=1S/C15H19F3N2/c16-12-5-11(6-13(17)15(12)18)14(20-19)7-10-4-8-1-2-9(10)3-8/h5-6,8-10,14,20H,1-4,7,19H2. The first-order valence-electron chi connectivity index (χ1n) is 7.19. The number of fused-ring (bicyclic) bond motifs is 2. The Kier molecular flexibility index (Phi) is 3.73. The molecule has 3 rings (SSSR count). The van der Waals surface area contributed by atoms with Crippen LogP contribution in [0.25, 0.3) is 0 Å². The van der Waals surface area contributed by atoms with E-state index in [4.69, 9.17) is 5.84 Å². The maximum Gasteiger partial charge on any atom is 0.194 e. The second-order valence-corrected chi connectivity index (χ2v) is 6.19. The molecule has 0 heterocycles. The average Bonchev–Trinajstić information content (AvgIpc) is 3.04. The molecule has 2 bridgehead atoms. The van der Waals surface area contributed by atoms with E-state index in [0.29, 0.717) is 17.4 Å². The number of nitrogens with two attached hydrogens (primary N) is 1. The first kappa shape index (κ1) is 13.9. The number of benzene rings is 1. The predicted octanol–water partition coefficient (Wildman–Crippen LogP) is 3.43. The number of halogens is 3. The highest BCUT2D eigenvalue weighted by Crippen LogP contribution is 2.50. The third kappa shape index (κ3) is 2.44. The zero-order valence-corrected chi connectivity index (χ0v) is 11.2. The van der Waals surface area contributed by atoms with Gasteiger partial charge in [-0.2, -0.15) is 0 Å². The van der Waals surface area contributed by atoms with Crippen molar-refractivity contribution in [1.29, 1.82) is 0 Å². The summed E-state index contributed by atoms with van der Waals surface area (Å²) in [5, 5.41) is 0. The smallest absolute Gasteiger partial charge is 0.194 e. The lowest BCUT2D eigenvalue weighted by molar-refractivity contribution is 0.279. The lowest BCUT2D eigenvalue weighted by Crippen LogP contribution is -2.31. The van der Waals surface area contributed by atoms with E-state index in [9.17, 15) is 13.2 Å². The number of hydrogen-bond donors (Lipinski definition) is 2. The van der Waals surface area contributed by atoms with Crippen molar-refractivity contribution in [1.82, 2.24) is 5.43 Å². The van der Waals surface area contributed by atoms with Crippen LogP contribution in [0.3, 0.4) is 0 Å². The molecule has 1 aromatic rings. The van der Waals surface area contributed by atoms with Gasteiger partial charge in [0.05, 0.1) is 0 Å². The Bertz CT molecular complexity index is 483. The summed E-state index contributed by atoms with van der Waals surface area (Å²) in [5.41, 5.74) is 3.00. The van der Waals surface area contributed by atoms with Crippen LogP contribution < -0.4 is 11.3 Å². The van der Waals surface area contributed by atoms with Gasteiger partial charge in [-0.15, -0.1) is 0 Å². The second kappa shape index (κ2) is 5.37. The van der Waals surface area contributed by atoms with Crippen LogP contribution in [0.2, 0.25) is 0 Å². The van der Waals surface area contributed by atoms with Crippen LogP contribution in [0.4, 0.5) is 13.2 Å². The Balaban J connectivity index is 1.76. The molecule has 2 saturated carbocycles. The van der Waals surface area contributed by atoms with Crippen molar-refractivity contribution in [2.75, 3.05) is 0 Å². The molecule has 0 saturated heterocycles. The van der Waals surface area contributed by atoms with Gasteiger partial charge in [0.2, 0.25) is 0 Å². The van der Waals surface area contributed by atoms with Gasteiger partial charge in [-0.25, -0.2) is 13.2 Å². The molecule has 2 nitrogen and oxygen atoms in total. The van der Waals surface area contributed by atoms with E-state index in [0.717, 1.165) is 24.5 Å². The highest BCUT2D eigenvalue weighted by atomic mass is 19.2. The zero-order chi connectivity index (χ0) is 14.3. The number of hydrazine groups is 1. The average molecular weight is 284 g/mol. The Morgan fingerprint density at radius 2 is 1.85 bits per heavy atom. The van der Waals surface area contributed by atoms with Crippen molar-refractivity contribution >= 4 is 0 Å². The molecule has 0 amide bonds. The fourth-order valence-corrected chi connectivity index (χ4v) is 4.04. The third-order valence-corrected chi connectivity index (χ3v) is 5.03. The first-order valence-corrected chi connectivity index (χ1v) is 7.19. The van der Waals surface area contributed by atoms with E-state index in [-0.39, 0.29) is 6.04 Å². The zero-order valence-electron chi connectivity index (χ0n) is 11.2. The topological polar surface area (TPSA) is 38.0 Å². The van der Waals surface area contributed by atoms with Gasteiger partial charge in [0.25, 0.3) is 0 Å². The second-order valence-electron chi connectivity index (χ2n) is 6.19. The van der Waals surface area contributed by atoms with Crippen molar-refractivity contribution < 1.29 is 13.2 Å². The maximum atomic E-state index is 13.3. The van der Waals surface area contributed by atoms with Crippen LogP contribution in [-0.4, -0.2) is 0 Å². The third-order valence-electron chi connectivity index (χ3n) is 5.03. The number of rotatable bonds is 4. The molecule has 0 aliphatic heterocycles. The van der Waals surface area contributed by atoms with Gasteiger partial charge < -0.3 is 0 Å². The molecule has 0 aromatic heterocycles. The van der Waals surface area contributed by atoms with Gasteiger partial charge >= 0.3 is 0 Å². The van der Waals surface area contributed by atoms with Crippen molar-refractivity contribution in [3.8, 4) is 0 Å². The molecule has 110 valence electrons. The van der Waals surface area contributed by atoms with Crippen LogP contribution in [0.1, 0.15) is 43.7 Å². The van der Waals surface area contributed by atoms with Gasteiger partial charge in [0.1, 0.15) is 0 Å². The summed E-state index contributed by atoms with van der Waals surface area (Å²) < 4.78 is 39.6. The number of hydrogen-bond acceptors (Lipinski definition) is 2. The van der Waals surface area contributed by atoms with Crippen LogP contribution in [0.15, 0.2) is 12.1 Å². The summed E-state index contributed by atoms with van der Waals surface area (Å²) in [4.78, 5) is 0. The molecule has 0 radical (unpaired) electrons. The lowest BCUT2D eigenvalue weighted by atomic mass is 9.83. The Labute approximate surface area is 116 Å². The molecule has 20 heavy (non-hydrogen) atoms. The van der Waals surface area contributed by atoms with Crippen molar-refractivity contribution in [3.63, 3.8) is 0 Å². The molecule has 0 spiro atoms. The fourth-order valence-electron chi connectivity index (χ4n) is 4.04. The molecule has 2 aliphatic rings. The minimum Gasteiger partial charge on any atom is -0.271 e. The molecule has 4 unspecified atom stereocenters. The summed E-state index contributed by atoms with van der Waals surface area (Å²) in [5.74, 6) is 3.86. The number of nitrogens with one attached hydrogen (secondary N) is 1. The van der Waals surface area contributed by atoms with E-state index >= 15 is 0 Å². The minimum absolute atomic E-state index is 0.330. The van der Waals surface area contributed by atoms with E-state index in [1.54, 1.807) is 0 Å². The quantitative estimate of drug-likeness (QED) is 0.505. The van der Waals surface area contributed by atoms with E-state index in [2.05, 4.69) is 5.43 Å². The molecule has 2 aliphatic carbocycles. The first-order chi connectivity index (χ1) is 9.58. The molecule has 3 N–H and O–H groups in total. The van der Waals surface area contributed by atoms with Gasteiger partial charge in [0, 0.05) is 6.04 Å². The lowest BCUT2D eigenvalue weighted by Gasteiger charge is -2.26. The Hall–Kier alpha value is -1.07. The van der Waals surface area contributed by atoms with E-state index < -0.39 is 17.5 Å². The van der Waals surface area contributed by atoms with E-state index in [1.165, 1.54) is 25.7 Å². The van der Waals surface area contributed by atoms with Crippen molar-refractivity contribution in [3.05, 3.63) is 35.1 Å². The highest BCUT2D eigenvalue weighted by Gasteiger charge is 2.40. The molecular weight excluding hydrogens is 265 g/mol. The summed E-state index contributed by atoms with van der Waals surface area (Å²) >= 11 is 0.